The summed E-state index contributed by atoms with van der Waals surface area (Å²) in [5.74, 6) is -1.85. The van der Waals surface area contributed by atoms with E-state index >= 15 is 0 Å². The molecule has 3 nitrogen and oxygen atoms in total. The van der Waals surface area contributed by atoms with Crippen LogP contribution in [0.5, 0.6) is 0 Å². The molecule has 0 fully saturated rings. The van der Waals surface area contributed by atoms with Crippen molar-refractivity contribution < 1.29 is 13.6 Å². The van der Waals surface area contributed by atoms with Crippen molar-refractivity contribution in [1.29, 1.82) is 0 Å². The van der Waals surface area contributed by atoms with E-state index in [0.717, 1.165) is 17.8 Å². The summed E-state index contributed by atoms with van der Waals surface area (Å²) in [6.45, 7) is 0.370. The zero-order valence-corrected chi connectivity index (χ0v) is 11.8. The highest BCUT2D eigenvalue weighted by Gasteiger charge is 2.07. The van der Waals surface area contributed by atoms with Gasteiger partial charge in [0.25, 0.3) is 0 Å². The Labute approximate surface area is 125 Å². The number of rotatable bonds is 5. The summed E-state index contributed by atoms with van der Waals surface area (Å²) < 4.78 is 26.1. The lowest BCUT2D eigenvalue weighted by atomic mass is 10.2. The van der Waals surface area contributed by atoms with Gasteiger partial charge in [0.05, 0.1) is 5.69 Å². The normalized spacial score (nSPS) is 10.2. The number of halogens is 3. The molecule has 0 aliphatic carbocycles. The van der Waals surface area contributed by atoms with E-state index in [1.165, 1.54) is 6.07 Å². The van der Waals surface area contributed by atoms with Gasteiger partial charge in [0.15, 0.2) is 0 Å². The minimum Gasteiger partial charge on any atom is -0.384 e. The molecule has 0 spiro atoms. The van der Waals surface area contributed by atoms with Crippen molar-refractivity contribution in [2.45, 2.75) is 6.42 Å². The van der Waals surface area contributed by atoms with Crippen molar-refractivity contribution in [3.05, 3.63) is 59.1 Å². The first-order valence-corrected chi connectivity index (χ1v) is 6.67. The molecule has 1 amide bonds. The first-order valence-electron chi connectivity index (χ1n) is 6.29. The maximum absolute atomic E-state index is 13.4. The summed E-state index contributed by atoms with van der Waals surface area (Å²) in [7, 11) is 0. The SMILES string of the molecule is O=C(CCNc1cccc(Cl)c1)Nc1ccc(F)cc1F. The van der Waals surface area contributed by atoms with Crippen LogP contribution in [0.1, 0.15) is 6.42 Å². The molecule has 0 saturated carbocycles. The van der Waals surface area contributed by atoms with Crippen LogP contribution in [0.4, 0.5) is 20.2 Å². The van der Waals surface area contributed by atoms with Crippen molar-refractivity contribution in [3.8, 4) is 0 Å². The minimum absolute atomic E-state index is 0.0378. The Hall–Kier alpha value is -2.14. The van der Waals surface area contributed by atoms with Crippen LogP contribution in [0.25, 0.3) is 0 Å². The average molecular weight is 311 g/mol. The molecule has 110 valence electrons. The minimum atomic E-state index is -0.800. The van der Waals surface area contributed by atoms with E-state index in [1.807, 2.05) is 6.07 Å². The number of hydrogen-bond donors (Lipinski definition) is 2. The number of anilines is 2. The van der Waals surface area contributed by atoms with Crippen molar-refractivity contribution in [1.82, 2.24) is 0 Å². The fraction of sp³-hybridized carbons (Fsp3) is 0.133. The molecule has 2 aromatic rings. The third-order valence-electron chi connectivity index (χ3n) is 2.71. The van der Waals surface area contributed by atoms with Crippen LogP contribution < -0.4 is 10.6 Å². The molecule has 0 aliphatic heterocycles. The van der Waals surface area contributed by atoms with E-state index in [0.29, 0.717) is 11.6 Å². The topological polar surface area (TPSA) is 41.1 Å². The van der Waals surface area contributed by atoms with Gasteiger partial charge in [0.1, 0.15) is 11.6 Å². The molecule has 2 rings (SSSR count). The Balaban J connectivity index is 1.82. The van der Waals surface area contributed by atoms with E-state index < -0.39 is 11.6 Å². The van der Waals surface area contributed by atoms with Crippen molar-refractivity contribution in [2.24, 2.45) is 0 Å². The van der Waals surface area contributed by atoms with Crippen LogP contribution in [0.15, 0.2) is 42.5 Å². The number of amides is 1. The highest BCUT2D eigenvalue weighted by Crippen LogP contribution is 2.16. The molecule has 21 heavy (non-hydrogen) atoms. The lowest BCUT2D eigenvalue weighted by Crippen LogP contribution is -2.17. The summed E-state index contributed by atoms with van der Waals surface area (Å²) in [6.07, 6.45) is 0.142. The van der Waals surface area contributed by atoms with Gasteiger partial charge in [0.2, 0.25) is 5.91 Å². The molecule has 0 aliphatic rings. The van der Waals surface area contributed by atoms with Gasteiger partial charge >= 0.3 is 0 Å². The molecule has 0 saturated heterocycles. The van der Waals surface area contributed by atoms with Gasteiger partial charge in [-0.05, 0) is 30.3 Å². The molecule has 0 bridgehead atoms. The van der Waals surface area contributed by atoms with Gasteiger partial charge < -0.3 is 10.6 Å². The van der Waals surface area contributed by atoms with Crippen LogP contribution in [0.3, 0.4) is 0 Å². The third kappa shape index (κ3) is 4.72. The van der Waals surface area contributed by atoms with Crippen LogP contribution in [0.2, 0.25) is 5.02 Å². The standard InChI is InChI=1S/C15H13ClF2N2O/c16-10-2-1-3-12(8-10)19-7-6-15(21)20-14-5-4-11(17)9-13(14)18/h1-5,8-9,19H,6-7H2,(H,20,21). The van der Waals surface area contributed by atoms with Gasteiger partial charge in [-0.3, -0.25) is 4.79 Å². The zero-order chi connectivity index (χ0) is 15.2. The Morgan fingerprint density at radius 1 is 1.14 bits per heavy atom. The smallest absolute Gasteiger partial charge is 0.226 e. The predicted molar refractivity (Wildman–Crippen MR) is 79.5 cm³/mol. The average Bonchev–Trinajstić information content (AvgIpc) is 2.42. The highest BCUT2D eigenvalue weighted by molar-refractivity contribution is 6.30. The summed E-state index contributed by atoms with van der Waals surface area (Å²) >= 11 is 5.83. The van der Waals surface area contributed by atoms with Crippen LogP contribution in [-0.2, 0) is 4.79 Å². The molecule has 6 heteroatoms. The lowest BCUT2D eigenvalue weighted by Gasteiger charge is -2.08. The van der Waals surface area contributed by atoms with E-state index in [9.17, 15) is 13.6 Å². The molecular formula is C15H13ClF2N2O. The number of nitrogens with one attached hydrogen (secondary N) is 2. The molecule has 0 atom stereocenters. The van der Waals surface area contributed by atoms with Crippen LogP contribution in [-0.4, -0.2) is 12.5 Å². The van der Waals surface area contributed by atoms with E-state index in [2.05, 4.69) is 10.6 Å². The zero-order valence-electron chi connectivity index (χ0n) is 11.0. The Morgan fingerprint density at radius 2 is 1.95 bits per heavy atom. The molecule has 0 heterocycles. The Bertz CT molecular complexity index is 649. The quantitative estimate of drug-likeness (QED) is 0.874. The fourth-order valence-electron chi connectivity index (χ4n) is 1.72. The molecule has 0 aromatic heterocycles. The number of carbonyl (C=O) groups excluding carboxylic acids is 1. The second-order valence-corrected chi connectivity index (χ2v) is 4.80. The van der Waals surface area contributed by atoms with Gasteiger partial charge in [-0.1, -0.05) is 17.7 Å². The van der Waals surface area contributed by atoms with E-state index in [1.54, 1.807) is 18.2 Å². The lowest BCUT2D eigenvalue weighted by molar-refractivity contribution is -0.116. The molecule has 2 N–H and O–H groups in total. The molecular weight excluding hydrogens is 298 g/mol. The van der Waals surface area contributed by atoms with Crippen molar-refractivity contribution >= 4 is 28.9 Å². The second-order valence-electron chi connectivity index (χ2n) is 4.36. The van der Waals surface area contributed by atoms with Gasteiger partial charge in [-0.25, -0.2) is 8.78 Å². The maximum Gasteiger partial charge on any atom is 0.226 e. The summed E-state index contributed by atoms with van der Waals surface area (Å²) in [4.78, 5) is 11.7. The monoisotopic (exact) mass is 310 g/mol. The van der Waals surface area contributed by atoms with Crippen molar-refractivity contribution in [3.63, 3.8) is 0 Å². The highest BCUT2D eigenvalue weighted by atomic mass is 35.5. The van der Waals surface area contributed by atoms with Crippen LogP contribution >= 0.6 is 11.6 Å². The fourth-order valence-corrected chi connectivity index (χ4v) is 1.91. The van der Waals surface area contributed by atoms with E-state index in [-0.39, 0.29) is 18.0 Å². The molecule has 0 radical (unpaired) electrons. The second kappa shape index (κ2) is 7.04. The number of carbonyl (C=O) groups is 1. The number of hydrogen-bond acceptors (Lipinski definition) is 2. The summed E-state index contributed by atoms with van der Waals surface area (Å²) in [5.41, 5.74) is 0.757. The predicted octanol–water partition coefficient (Wildman–Crippen LogP) is 4.06. The van der Waals surface area contributed by atoms with Gasteiger partial charge in [0, 0.05) is 29.7 Å². The number of benzene rings is 2. The van der Waals surface area contributed by atoms with Crippen molar-refractivity contribution in [2.75, 3.05) is 17.2 Å². The Morgan fingerprint density at radius 3 is 2.67 bits per heavy atom. The molecule has 2 aromatic carbocycles. The van der Waals surface area contributed by atoms with Gasteiger partial charge in [-0.15, -0.1) is 0 Å². The summed E-state index contributed by atoms with van der Waals surface area (Å²) in [6, 6.07) is 10.1. The van der Waals surface area contributed by atoms with Gasteiger partial charge in [-0.2, -0.15) is 0 Å². The van der Waals surface area contributed by atoms with Crippen LogP contribution in [0, 0.1) is 11.6 Å². The Kier molecular flexibility index (Phi) is 5.11. The first-order chi connectivity index (χ1) is 10.0. The summed E-state index contributed by atoms with van der Waals surface area (Å²) in [5, 5.41) is 6.01. The molecule has 0 unspecified atom stereocenters. The first kappa shape index (κ1) is 15.3. The largest absolute Gasteiger partial charge is 0.384 e. The third-order valence-corrected chi connectivity index (χ3v) is 2.95. The van der Waals surface area contributed by atoms with E-state index in [4.69, 9.17) is 11.6 Å². The maximum atomic E-state index is 13.4.